The summed E-state index contributed by atoms with van der Waals surface area (Å²) in [7, 11) is 0. The van der Waals surface area contributed by atoms with Gasteiger partial charge in [0.2, 0.25) is 0 Å². The van der Waals surface area contributed by atoms with E-state index in [1.54, 1.807) is 0 Å². The minimum Gasteiger partial charge on any atom is -0.477 e. The van der Waals surface area contributed by atoms with E-state index >= 15 is 0 Å². The molecule has 1 N–H and O–H groups in total. The van der Waals surface area contributed by atoms with E-state index in [0.29, 0.717) is 0 Å². The van der Waals surface area contributed by atoms with Crippen molar-refractivity contribution in [2.24, 2.45) is 0 Å². The van der Waals surface area contributed by atoms with E-state index in [4.69, 9.17) is 9.90 Å². The maximum absolute atomic E-state index is 10.6. The zero-order valence-corrected chi connectivity index (χ0v) is 5.69. The third-order valence-electron chi connectivity index (χ3n) is 0.187. The third kappa shape index (κ3) is 6.33. The van der Waals surface area contributed by atoms with E-state index in [0.717, 1.165) is 0 Å². The van der Waals surface area contributed by atoms with Gasteiger partial charge in [-0.15, -0.1) is 0 Å². The first-order valence-electron chi connectivity index (χ1n) is 1.15. The van der Waals surface area contributed by atoms with Crippen LogP contribution in [0, 0.1) is 0 Å². The molecule has 0 heterocycles. The Morgan fingerprint density at radius 2 is 1.71 bits per heavy atom. The van der Waals surface area contributed by atoms with Crippen molar-refractivity contribution in [3.05, 3.63) is 0 Å². The fourth-order valence-corrected chi connectivity index (χ4v) is 0. The predicted molar refractivity (Wildman–Crippen MR) is 19.4 cm³/mol. The maximum atomic E-state index is 10.6. The minimum absolute atomic E-state index is 0. The van der Waals surface area contributed by atoms with Gasteiger partial charge in [-0.05, 0) is 0 Å². The van der Waals surface area contributed by atoms with Gasteiger partial charge in [0.15, 0.2) is 0 Å². The van der Waals surface area contributed by atoms with Crippen molar-refractivity contribution in [3.8, 4) is 0 Å². The predicted octanol–water partition coefficient (Wildman–Crippen LogP) is -0.0447. The molecule has 0 unspecified atom stereocenters. The first kappa shape index (κ1) is 10.3. The Labute approximate surface area is 60.8 Å². The quantitative estimate of drug-likeness (QED) is 0.491. The Bertz CT molecular complexity index is 64.7. The molecule has 0 spiro atoms. The van der Waals surface area contributed by atoms with Crippen molar-refractivity contribution < 1.29 is 18.7 Å². The van der Waals surface area contributed by atoms with Gasteiger partial charge in [0.25, 0.3) is 0 Å². The van der Waals surface area contributed by atoms with E-state index in [-0.39, 0.29) is 29.6 Å². The summed E-state index contributed by atoms with van der Waals surface area (Å²) in [6, 6.07) is 0. The summed E-state index contributed by atoms with van der Waals surface area (Å²) in [4.78, 5) is 8.95. The molecule has 5 heteroatoms. The van der Waals surface area contributed by atoms with Gasteiger partial charge in [-0.3, -0.25) is 0 Å². The van der Waals surface area contributed by atoms with E-state index in [9.17, 15) is 8.78 Å². The van der Waals surface area contributed by atoms with Gasteiger partial charge in [-0.25, -0.2) is 4.79 Å². The number of carboxylic acids is 1. The van der Waals surface area contributed by atoms with Crippen LogP contribution in [0.4, 0.5) is 8.78 Å². The van der Waals surface area contributed by atoms with Crippen molar-refractivity contribution >= 4 is 35.5 Å². The molecule has 0 bridgehead atoms. The van der Waals surface area contributed by atoms with Gasteiger partial charge >= 0.3 is 12.4 Å². The summed E-state index contributed by atoms with van der Waals surface area (Å²) < 4.78 is 21.1. The summed E-state index contributed by atoms with van der Waals surface area (Å²) in [5.41, 5.74) is 0. The van der Waals surface area contributed by atoms with Crippen LogP contribution in [0.5, 0.6) is 0 Å². The number of rotatable bonds is 1. The molecule has 0 aliphatic carbocycles. The molecule has 37 valence electrons. The molecule has 0 aromatic rings. The fourth-order valence-electron chi connectivity index (χ4n) is 0. The molecule has 2 nitrogen and oxygen atoms in total. The van der Waals surface area contributed by atoms with Gasteiger partial charge in [-0.1, -0.05) is 0 Å². The van der Waals surface area contributed by atoms with Crippen LogP contribution in [-0.4, -0.2) is 47.1 Å². The van der Waals surface area contributed by atoms with Crippen LogP contribution in [0.1, 0.15) is 0 Å². The zero-order valence-electron chi connectivity index (χ0n) is 3.69. The molecule has 0 saturated carbocycles. The van der Waals surface area contributed by atoms with Gasteiger partial charge in [-0.2, -0.15) is 8.78 Å². The molecular weight excluding hydrogens is 117 g/mol. The molecule has 0 saturated heterocycles. The van der Waals surface area contributed by atoms with Crippen LogP contribution in [0.15, 0.2) is 0 Å². The molecule has 0 aliphatic heterocycles. The molecule has 0 rings (SSSR count). The summed E-state index contributed by atoms with van der Waals surface area (Å²) in [5, 5.41) is 7.24. The smallest absolute Gasteiger partial charge is 0.371 e. The fraction of sp³-hybridized carbons (Fsp3) is 0.500. The number of carboxylic acid groups (broad SMARTS) is 1. The molecule has 0 aromatic heterocycles. The van der Waals surface area contributed by atoms with Crippen LogP contribution < -0.4 is 0 Å². The zero-order chi connectivity index (χ0) is 5.15. The molecule has 0 amide bonds. The summed E-state index contributed by atoms with van der Waals surface area (Å²) in [6.07, 6.45) is -3.23. The Morgan fingerprint density at radius 3 is 1.71 bits per heavy atom. The molecule has 0 fully saturated rings. The normalized spacial score (nSPS) is 7.86. The van der Waals surface area contributed by atoms with Crippen molar-refractivity contribution in [2.75, 3.05) is 0 Å². The molecule has 0 aromatic carbocycles. The maximum Gasteiger partial charge on any atom is 0.371 e. The van der Waals surface area contributed by atoms with Gasteiger partial charge < -0.3 is 5.11 Å². The van der Waals surface area contributed by atoms with Crippen LogP contribution in [-0.2, 0) is 4.79 Å². The number of hydrogen-bond donors (Lipinski definition) is 1. The number of hydrogen-bond acceptors (Lipinski definition) is 1. The van der Waals surface area contributed by atoms with Gasteiger partial charge in [0.05, 0.1) is 0 Å². The van der Waals surface area contributed by atoms with Crippen LogP contribution in [0.3, 0.4) is 0 Å². The first-order valence-corrected chi connectivity index (χ1v) is 1.15. The standard InChI is InChI=1S/C2H2F2O2.Na/c3-1(4)2(5)6;/h1H,(H,5,6);. The number of halogens is 2. The van der Waals surface area contributed by atoms with Gasteiger partial charge in [0, 0.05) is 29.6 Å². The monoisotopic (exact) mass is 119 g/mol. The largest absolute Gasteiger partial charge is 0.477 e. The second-order valence-corrected chi connectivity index (χ2v) is 0.639. The SMILES string of the molecule is O=C(O)C(F)F.[Na]. The second kappa shape index (κ2) is 4.49. The number of carbonyl (C=O) groups is 1. The summed E-state index contributed by atoms with van der Waals surface area (Å²) in [5.74, 6) is -2.07. The van der Waals surface area contributed by atoms with Crippen molar-refractivity contribution in [1.29, 1.82) is 0 Å². The summed E-state index contributed by atoms with van der Waals surface area (Å²) >= 11 is 0. The Balaban J connectivity index is 0. The average molecular weight is 119 g/mol. The second-order valence-electron chi connectivity index (χ2n) is 0.639. The number of alkyl halides is 2. The van der Waals surface area contributed by atoms with Crippen LogP contribution in [0.2, 0.25) is 0 Å². The molecule has 0 atom stereocenters. The molecule has 0 aliphatic rings. The Kier molecular flexibility index (Phi) is 6.63. The van der Waals surface area contributed by atoms with E-state index in [1.165, 1.54) is 0 Å². The minimum atomic E-state index is -3.23. The van der Waals surface area contributed by atoms with E-state index < -0.39 is 12.4 Å². The third-order valence-corrected chi connectivity index (χ3v) is 0.187. The van der Waals surface area contributed by atoms with Crippen molar-refractivity contribution in [2.45, 2.75) is 6.43 Å². The molecule has 1 radical (unpaired) electrons. The van der Waals surface area contributed by atoms with Crippen molar-refractivity contribution in [3.63, 3.8) is 0 Å². The summed E-state index contributed by atoms with van der Waals surface area (Å²) in [6.45, 7) is 0. The van der Waals surface area contributed by atoms with Crippen LogP contribution in [0.25, 0.3) is 0 Å². The number of aliphatic carboxylic acids is 1. The Morgan fingerprint density at radius 1 is 1.57 bits per heavy atom. The van der Waals surface area contributed by atoms with Gasteiger partial charge in [0.1, 0.15) is 0 Å². The van der Waals surface area contributed by atoms with E-state index in [1.807, 2.05) is 0 Å². The molecular formula is C2H2F2NaO2. The first-order chi connectivity index (χ1) is 2.64. The topological polar surface area (TPSA) is 37.3 Å². The average Bonchev–Trinajstić information content (AvgIpc) is 1.36. The van der Waals surface area contributed by atoms with Crippen LogP contribution >= 0.6 is 0 Å². The molecule has 7 heavy (non-hydrogen) atoms. The van der Waals surface area contributed by atoms with E-state index in [2.05, 4.69) is 0 Å². The van der Waals surface area contributed by atoms with Crippen molar-refractivity contribution in [1.82, 2.24) is 0 Å². The Hall–Kier alpha value is 0.330.